The molecule has 2 amide bonds. The molecule has 0 aromatic heterocycles. The lowest BCUT2D eigenvalue weighted by molar-refractivity contribution is 0.00201. The van der Waals surface area contributed by atoms with E-state index in [1.807, 2.05) is 69.0 Å². The van der Waals surface area contributed by atoms with Crippen molar-refractivity contribution in [3.8, 4) is 0 Å². The molecule has 0 aliphatic carbocycles. The number of piperazine rings is 1. The Labute approximate surface area is 168 Å². The number of ether oxygens (including phenoxy) is 1. The van der Waals surface area contributed by atoms with Crippen molar-refractivity contribution in [1.82, 2.24) is 9.80 Å². The number of benzene rings is 2. The van der Waals surface area contributed by atoms with Gasteiger partial charge in [0.05, 0.1) is 0 Å². The van der Waals surface area contributed by atoms with Gasteiger partial charge in [-0.15, -0.1) is 0 Å². The van der Waals surface area contributed by atoms with Crippen LogP contribution in [0.15, 0.2) is 40.9 Å². The van der Waals surface area contributed by atoms with Gasteiger partial charge in [0.25, 0.3) is 5.91 Å². The van der Waals surface area contributed by atoms with Crippen molar-refractivity contribution < 1.29 is 14.3 Å². The fraction of sp³-hybridized carbons (Fsp3) is 0.429. The highest BCUT2D eigenvalue weighted by Crippen LogP contribution is 2.27. The van der Waals surface area contributed by atoms with Crippen LogP contribution >= 0.6 is 15.9 Å². The summed E-state index contributed by atoms with van der Waals surface area (Å²) in [5, 5.41) is 1.95. The van der Waals surface area contributed by atoms with E-state index in [2.05, 4.69) is 15.9 Å². The molecule has 6 heteroatoms. The molecule has 1 aliphatic rings. The van der Waals surface area contributed by atoms with Crippen molar-refractivity contribution in [2.75, 3.05) is 19.6 Å². The van der Waals surface area contributed by atoms with Crippen LogP contribution in [0.2, 0.25) is 0 Å². The Morgan fingerprint density at radius 2 is 1.74 bits per heavy atom. The second-order valence-electron chi connectivity index (χ2n) is 7.91. The monoisotopic (exact) mass is 432 g/mol. The maximum atomic E-state index is 13.2. The van der Waals surface area contributed by atoms with Gasteiger partial charge in [-0.2, -0.15) is 0 Å². The van der Waals surface area contributed by atoms with Crippen LogP contribution in [0.4, 0.5) is 4.79 Å². The molecule has 2 aromatic carbocycles. The minimum atomic E-state index is -0.528. The van der Waals surface area contributed by atoms with Gasteiger partial charge in [0.15, 0.2) is 0 Å². The molecule has 3 rings (SSSR count). The summed E-state index contributed by atoms with van der Waals surface area (Å²) >= 11 is 3.55. The van der Waals surface area contributed by atoms with Crippen LogP contribution in [0, 0.1) is 0 Å². The minimum Gasteiger partial charge on any atom is -0.444 e. The number of amides is 2. The van der Waals surface area contributed by atoms with Crippen LogP contribution in [-0.2, 0) is 4.74 Å². The highest BCUT2D eigenvalue weighted by atomic mass is 79.9. The van der Waals surface area contributed by atoms with Crippen LogP contribution in [0.1, 0.15) is 38.1 Å². The zero-order chi connectivity index (χ0) is 19.8. The predicted octanol–water partition coefficient (Wildman–Crippen LogP) is 4.68. The van der Waals surface area contributed by atoms with Crippen LogP contribution in [0.3, 0.4) is 0 Å². The van der Waals surface area contributed by atoms with Crippen molar-refractivity contribution in [3.63, 3.8) is 0 Å². The molecule has 0 bridgehead atoms. The quantitative estimate of drug-likeness (QED) is 0.656. The lowest BCUT2D eigenvalue weighted by Gasteiger charge is -2.40. The number of hydrogen-bond acceptors (Lipinski definition) is 3. The van der Waals surface area contributed by atoms with Crippen molar-refractivity contribution >= 4 is 38.7 Å². The summed E-state index contributed by atoms with van der Waals surface area (Å²) in [6.07, 6.45) is -0.323. The summed E-state index contributed by atoms with van der Waals surface area (Å²) in [5.74, 6) is -0.00520. The Morgan fingerprint density at radius 1 is 1.07 bits per heavy atom. The van der Waals surface area contributed by atoms with E-state index in [0.717, 1.165) is 15.2 Å². The van der Waals surface area contributed by atoms with Gasteiger partial charge in [-0.05, 0) is 50.6 Å². The Hall–Kier alpha value is -2.08. The first-order chi connectivity index (χ1) is 12.7. The smallest absolute Gasteiger partial charge is 0.410 e. The van der Waals surface area contributed by atoms with Crippen LogP contribution in [-0.4, -0.2) is 53.1 Å². The van der Waals surface area contributed by atoms with Crippen LogP contribution < -0.4 is 0 Å². The van der Waals surface area contributed by atoms with Crippen LogP contribution in [0.25, 0.3) is 10.8 Å². The van der Waals surface area contributed by atoms with Gasteiger partial charge >= 0.3 is 6.09 Å². The van der Waals surface area contributed by atoms with E-state index >= 15 is 0 Å². The number of nitrogens with zero attached hydrogens (tertiary/aromatic N) is 2. The fourth-order valence-electron chi connectivity index (χ4n) is 3.36. The molecule has 27 heavy (non-hydrogen) atoms. The summed E-state index contributed by atoms with van der Waals surface area (Å²) < 4.78 is 6.45. The van der Waals surface area contributed by atoms with Gasteiger partial charge < -0.3 is 14.5 Å². The van der Waals surface area contributed by atoms with Crippen LogP contribution in [0.5, 0.6) is 0 Å². The standard InChI is InChI=1S/C21H25BrN2O3/c1-14-13-23(11-12-24(14)20(26)27-21(2,3)4)19(25)17-9-5-8-16-15(17)7-6-10-18(16)22/h5-10,14H,11-13H2,1-4H3. The third-order valence-electron chi connectivity index (χ3n) is 4.64. The molecule has 0 saturated carbocycles. The highest BCUT2D eigenvalue weighted by Gasteiger charge is 2.33. The largest absolute Gasteiger partial charge is 0.444 e. The third-order valence-corrected chi connectivity index (χ3v) is 5.33. The Bertz CT molecular complexity index is 875. The molecule has 1 atom stereocenters. The SMILES string of the molecule is CC1CN(C(=O)c2cccc3c(Br)cccc23)CCN1C(=O)OC(C)(C)C. The maximum Gasteiger partial charge on any atom is 0.410 e. The molecule has 1 unspecified atom stereocenters. The summed E-state index contributed by atoms with van der Waals surface area (Å²) in [6.45, 7) is 8.96. The molecule has 5 nitrogen and oxygen atoms in total. The molecule has 1 saturated heterocycles. The lowest BCUT2D eigenvalue weighted by Crippen LogP contribution is -2.56. The number of fused-ring (bicyclic) bond motifs is 1. The fourth-order valence-corrected chi connectivity index (χ4v) is 3.86. The van der Waals surface area contributed by atoms with Gasteiger partial charge in [0.2, 0.25) is 0 Å². The third kappa shape index (κ3) is 4.26. The van der Waals surface area contributed by atoms with Crippen molar-refractivity contribution in [3.05, 3.63) is 46.4 Å². The predicted molar refractivity (Wildman–Crippen MR) is 110 cm³/mol. The summed E-state index contributed by atoms with van der Waals surface area (Å²) in [7, 11) is 0. The highest BCUT2D eigenvalue weighted by molar-refractivity contribution is 9.10. The van der Waals surface area contributed by atoms with Gasteiger partial charge in [-0.25, -0.2) is 4.79 Å². The van der Waals surface area contributed by atoms with E-state index in [4.69, 9.17) is 4.74 Å². The van der Waals surface area contributed by atoms with E-state index < -0.39 is 5.60 Å². The Morgan fingerprint density at radius 3 is 2.41 bits per heavy atom. The Kier molecular flexibility index (Phi) is 5.47. The zero-order valence-corrected chi connectivity index (χ0v) is 17.7. The molecule has 1 aliphatic heterocycles. The van der Waals surface area contributed by atoms with Crippen molar-refractivity contribution in [2.24, 2.45) is 0 Å². The van der Waals surface area contributed by atoms with Gasteiger partial charge in [-0.3, -0.25) is 4.79 Å². The minimum absolute atomic E-state index is 0.00520. The molecular formula is C21H25BrN2O3. The van der Waals surface area contributed by atoms with E-state index in [-0.39, 0.29) is 18.0 Å². The molecule has 2 aromatic rings. The Balaban J connectivity index is 1.77. The van der Waals surface area contributed by atoms with E-state index in [9.17, 15) is 9.59 Å². The first kappa shape index (κ1) is 19.7. The molecular weight excluding hydrogens is 408 g/mol. The van der Waals surface area contributed by atoms with Gasteiger partial charge in [0, 0.05) is 35.7 Å². The number of carbonyl (C=O) groups excluding carboxylic acids is 2. The lowest BCUT2D eigenvalue weighted by atomic mass is 10.0. The van der Waals surface area contributed by atoms with E-state index in [1.165, 1.54) is 0 Å². The number of hydrogen-bond donors (Lipinski definition) is 0. The molecule has 0 spiro atoms. The number of rotatable bonds is 1. The van der Waals surface area contributed by atoms with Gasteiger partial charge in [-0.1, -0.05) is 40.2 Å². The normalized spacial score (nSPS) is 17.9. The van der Waals surface area contributed by atoms with E-state index in [0.29, 0.717) is 25.2 Å². The second-order valence-corrected chi connectivity index (χ2v) is 8.77. The molecule has 0 radical (unpaired) electrons. The molecule has 1 fully saturated rings. The number of carbonyl (C=O) groups is 2. The van der Waals surface area contributed by atoms with Crippen molar-refractivity contribution in [2.45, 2.75) is 39.3 Å². The summed E-state index contributed by atoms with van der Waals surface area (Å²) in [5.41, 5.74) is 0.159. The topological polar surface area (TPSA) is 49.9 Å². The second kappa shape index (κ2) is 7.50. The van der Waals surface area contributed by atoms with Gasteiger partial charge in [0.1, 0.15) is 5.60 Å². The summed E-state index contributed by atoms with van der Waals surface area (Å²) in [6, 6.07) is 11.5. The first-order valence-electron chi connectivity index (χ1n) is 9.13. The number of halogens is 1. The molecule has 144 valence electrons. The molecule has 1 heterocycles. The first-order valence-corrected chi connectivity index (χ1v) is 9.93. The average Bonchev–Trinajstić information content (AvgIpc) is 2.59. The van der Waals surface area contributed by atoms with E-state index in [1.54, 1.807) is 4.90 Å². The summed E-state index contributed by atoms with van der Waals surface area (Å²) in [4.78, 5) is 29.1. The molecule has 0 N–H and O–H groups in total. The van der Waals surface area contributed by atoms with Crippen molar-refractivity contribution in [1.29, 1.82) is 0 Å². The maximum absolute atomic E-state index is 13.2. The average molecular weight is 433 g/mol. The zero-order valence-electron chi connectivity index (χ0n) is 16.2.